The molecule has 0 spiro atoms. The van der Waals surface area contributed by atoms with Gasteiger partial charge >= 0.3 is 5.97 Å². The van der Waals surface area contributed by atoms with Crippen LogP contribution in [0.2, 0.25) is 0 Å². The van der Waals surface area contributed by atoms with Crippen LogP contribution in [0.3, 0.4) is 0 Å². The second-order valence-electron chi connectivity index (χ2n) is 6.70. The number of ether oxygens (including phenoxy) is 7. The molecule has 0 aliphatic heterocycles. The molecule has 0 aliphatic carbocycles. The first-order valence-corrected chi connectivity index (χ1v) is 9.70. The van der Waals surface area contributed by atoms with E-state index in [0.29, 0.717) is 72.7 Å². The first kappa shape index (κ1) is 27.2. The summed E-state index contributed by atoms with van der Waals surface area (Å²) in [5.74, 6) is -0.266. The van der Waals surface area contributed by atoms with Crippen molar-refractivity contribution in [3.8, 4) is 0 Å². The van der Waals surface area contributed by atoms with Crippen LogP contribution >= 0.6 is 0 Å². The molecule has 0 saturated carbocycles. The summed E-state index contributed by atoms with van der Waals surface area (Å²) in [6, 6.07) is 0. The zero-order valence-electron chi connectivity index (χ0n) is 17.5. The third-order valence-corrected chi connectivity index (χ3v) is 2.95. The Balaban J connectivity index is 3.11. The number of alkyl halides is 1. The molecule has 9 heteroatoms. The van der Waals surface area contributed by atoms with Crippen molar-refractivity contribution < 1.29 is 42.3 Å². The minimum absolute atomic E-state index is 0.113. The Bertz CT molecular complexity index is 349. The van der Waals surface area contributed by atoms with Crippen LogP contribution < -0.4 is 0 Å². The van der Waals surface area contributed by atoms with Crippen LogP contribution in [0, 0.1) is 0 Å². The van der Waals surface area contributed by atoms with Gasteiger partial charge < -0.3 is 33.2 Å². The number of esters is 1. The van der Waals surface area contributed by atoms with Crippen molar-refractivity contribution in [2.75, 3.05) is 86.0 Å². The summed E-state index contributed by atoms with van der Waals surface area (Å²) in [4.78, 5) is 11.5. The summed E-state index contributed by atoms with van der Waals surface area (Å²) < 4.78 is 48.5. The first-order chi connectivity index (χ1) is 13.5. The van der Waals surface area contributed by atoms with Gasteiger partial charge in [-0.2, -0.15) is 0 Å². The van der Waals surface area contributed by atoms with Gasteiger partial charge in [-0.1, -0.05) is 0 Å². The van der Waals surface area contributed by atoms with E-state index in [0.717, 1.165) is 0 Å². The lowest BCUT2D eigenvalue weighted by Crippen LogP contribution is -2.24. The Morgan fingerprint density at radius 2 is 0.929 bits per heavy atom. The summed E-state index contributed by atoms with van der Waals surface area (Å²) in [6.45, 7) is 10.00. The minimum Gasteiger partial charge on any atom is -0.460 e. The van der Waals surface area contributed by atoms with Gasteiger partial charge in [0.15, 0.2) is 0 Å². The fourth-order valence-electron chi connectivity index (χ4n) is 1.80. The van der Waals surface area contributed by atoms with E-state index in [1.54, 1.807) is 0 Å². The predicted molar refractivity (Wildman–Crippen MR) is 101 cm³/mol. The fraction of sp³-hybridized carbons (Fsp3) is 0.947. The molecule has 0 saturated heterocycles. The standard InChI is InChI=1S/C19H37FO8/c1-19(2,3)28-18(21)4-6-22-8-10-24-12-14-26-16-17-27-15-13-25-11-9-23-7-5-20/h4-17H2,1-3H3. The van der Waals surface area contributed by atoms with Gasteiger partial charge in [-0.05, 0) is 20.8 Å². The van der Waals surface area contributed by atoms with Crippen molar-refractivity contribution in [2.24, 2.45) is 0 Å². The largest absolute Gasteiger partial charge is 0.460 e. The normalized spacial score (nSPS) is 11.7. The lowest BCUT2D eigenvalue weighted by molar-refractivity contribution is -0.156. The average molecular weight is 412 g/mol. The highest BCUT2D eigenvalue weighted by molar-refractivity contribution is 5.69. The number of hydrogen-bond donors (Lipinski definition) is 0. The minimum atomic E-state index is -0.474. The van der Waals surface area contributed by atoms with Crippen molar-refractivity contribution in [1.82, 2.24) is 0 Å². The number of carbonyl (C=O) groups is 1. The zero-order valence-corrected chi connectivity index (χ0v) is 17.5. The second-order valence-corrected chi connectivity index (χ2v) is 6.70. The van der Waals surface area contributed by atoms with E-state index in [1.165, 1.54) is 0 Å². The summed E-state index contributed by atoms with van der Waals surface area (Å²) in [5.41, 5.74) is -0.466. The van der Waals surface area contributed by atoms with Crippen LogP contribution in [0.25, 0.3) is 0 Å². The molecule has 0 aromatic heterocycles. The SMILES string of the molecule is CC(C)(C)OC(=O)CCOCCOCCOCCOCCOCCOCCF. The van der Waals surface area contributed by atoms with Crippen LogP contribution in [0.4, 0.5) is 4.39 Å². The summed E-state index contributed by atoms with van der Waals surface area (Å²) in [5, 5.41) is 0. The maximum atomic E-state index is 11.7. The second kappa shape index (κ2) is 19.5. The maximum absolute atomic E-state index is 11.7. The Labute approximate surface area is 167 Å². The van der Waals surface area contributed by atoms with Gasteiger partial charge in [0.05, 0.1) is 85.7 Å². The molecule has 0 unspecified atom stereocenters. The van der Waals surface area contributed by atoms with Crippen LogP contribution in [0.1, 0.15) is 27.2 Å². The molecule has 0 aromatic rings. The lowest BCUT2D eigenvalue weighted by Gasteiger charge is -2.19. The zero-order chi connectivity index (χ0) is 20.9. The van der Waals surface area contributed by atoms with Gasteiger partial charge in [-0.3, -0.25) is 4.79 Å². The lowest BCUT2D eigenvalue weighted by atomic mass is 10.2. The van der Waals surface area contributed by atoms with Crippen LogP contribution in [-0.4, -0.2) is 97.5 Å². The highest BCUT2D eigenvalue weighted by Crippen LogP contribution is 2.07. The van der Waals surface area contributed by atoms with E-state index in [4.69, 9.17) is 33.2 Å². The third-order valence-electron chi connectivity index (χ3n) is 2.95. The monoisotopic (exact) mass is 412 g/mol. The molecule has 0 radical (unpaired) electrons. The van der Waals surface area contributed by atoms with Crippen LogP contribution in [0.15, 0.2) is 0 Å². The molecule has 168 valence electrons. The molecule has 0 rings (SSSR count). The molecule has 0 amide bonds. The molecule has 8 nitrogen and oxygen atoms in total. The number of halogens is 1. The molecule has 0 N–H and O–H groups in total. The van der Waals surface area contributed by atoms with Gasteiger partial charge in [0.25, 0.3) is 0 Å². The molecular formula is C19H37FO8. The topological polar surface area (TPSA) is 81.7 Å². The van der Waals surface area contributed by atoms with Gasteiger partial charge in [0.1, 0.15) is 12.3 Å². The fourth-order valence-corrected chi connectivity index (χ4v) is 1.80. The molecule has 28 heavy (non-hydrogen) atoms. The average Bonchev–Trinajstić information content (AvgIpc) is 2.62. The van der Waals surface area contributed by atoms with Gasteiger partial charge in [0.2, 0.25) is 0 Å². The molecule has 0 fully saturated rings. The number of hydrogen-bond acceptors (Lipinski definition) is 8. The number of rotatable bonds is 20. The summed E-state index contributed by atoms with van der Waals surface area (Å²) >= 11 is 0. The van der Waals surface area contributed by atoms with Crippen molar-refractivity contribution >= 4 is 5.97 Å². The molecule has 0 heterocycles. The Morgan fingerprint density at radius 1 is 0.607 bits per heavy atom. The van der Waals surface area contributed by atoms with Gasteiger partial charge in [-0.25, -0.2) is 4.39 Å². The van der Waals surface area contributed by atoms with Gasteiger partial charge in [-0.15, -0.1) is 0 Å². The van der Waals surface area contributed by atoms with Crippen molar-refractivity contribution in [3.63, 3.8) is 0 Å². The van der Waals surface area contributed by atoms with Gasteiger partial charge in [0, 0.05) is 0 Å². The number of carbonyl (C=O) groups excluding carboxylic acids is 1. The molecule has 0 aromatic carbocycles. The highest BCUT2D eigenvalue weighted by Gasteiger charge is 2.15. The van der Waals surface area contributed by atoms with E-state index in [1.807, 2.05) is 20.8 Å². The van der Waals surface area contributed by atoms with E-state index >= 15 is 0 Å². The summed E-state index contributed by atoms with van der Waals surface area (Å²) in [7, 11) is 0. The maximum Gasteiger partial charge on any atom is 0.308 e. The van der Waals surface area contributed by atoms with E-state index in [9.17, 15) is 9.18 Å². The Morgan fingerprint density at radius 3 is 1.25 bits per heavy atom. The predicted octanol–water partition coefficient (Wildman–Crippen LogP) is 1.79. The summed E-state index contributed by atoms with van der Waals surface area (Å²) in [6.07, 6.45) is 0.234. The molecular weight excluding hydrogens is 375 g/mol. The molecule has 0 bridgehead atoms. The smallest absolute Gasteiger partial charge is 0.308 e. The molecule has 0 atom stereocenters. The Hall–Kier alpha value is -0.840. The van der Waals surface area contributed by atoms with Crippen LogP contribution in [0.5, 0.6) is 0 Å². The van der Waals surface area contributed by atoms with E-state index < -0.39 is 12.3 Å². The van der Waals surface area contributed by atoms with Crippen molar-refractivity contribution in [2.45, 2.75) is 32.8 Å². The highest BCUT2D eigenvalue weighted by atomic mass is 19.1. The first-order valence-electron chi connectivity index (χ1n) is 9.70. The van der Waals surface area contributed by atoms with Crippen molar-refractivity contribution in [3.05, 3.63) is 0 Å². The van der Waals surface area contributed by atoms with Crippen LogP contribution in [-0.2, 0) is 38.0 Å². The Kier molecular flexibility index (Phi) is 18.9. The third kappa shape index (κ3) is 23.2. The van der Waals surface area contributed by atoms with Crippen molar-refractivity contribution in [1.29, 1.82) is 0 Å². The van der Waals surface area contributed by atoms with E-state index in [2.05, 4.69) is 0 Å². The molecule has 0 aliphatic rings. The quantitative estimate of drug-likeness (QED) is 0.221. The van der Waals surface area contributed by atoms with E-state index in [-0.39, 0.29) is 19.0 Å².